The summed E-state index contributed by atoms with van der Waals surface area (Å²) in [4.78, 5) is 0. The minimum Gasteiger partial charge on any atom is -0.486 e. The minimum atomic E-state index is 0.537. The maximum Gasteiger partial charge on any atom is 0.168 e. The summed E-state index contributed by atoms with van der Waals surface area (Å²) in [5, 5.41) is 17.3. The van der Waals surface area contributed by atoms with Crippen molar-refractivity contribution in [3.8, 4) is 29.0 Å². The fourth-order valence-electron chi connectivity index (χ4n) is 2.34. The zero-order chi connectivity index (χ0) is 14.2. The molecule has 0 saturated carbocycles. The van der Waals surface area contributed by atoms with Gasteiger partial charge in [0.2, 0.25) is 0 Å². The van der Waals surface area contributed by atoms with Gasteiger partial charge in [-0.2, -0.15) is 5.26 Å². The van der Waals surface area contributed by atoms with E-state index in [9.17, 15) is 0 Å². The number of rotatable bonds is 1. The molecule has 0 fully saturated rings. The normalized spacial score (nSPS) is 13.1. The number of nitriles is 1. The minimum absolute atomic E-state index is 0.537. The van der Waals surface area contributed by atoms with Crippen LogP contribution in [0.15, 0.2) is 36.5 Å². The molecule has 0 aliphatic carbocycles. The molecule has 6 heteroatoms. The maximum absolute atomic E-state index is 9.01. The van der Waals surface area contributed by atoms with Gasteiger partial charge in [0, 0.05) is 11.8 Å². The first kappa shape index (κ1) is 11.7. The highest BCUT2D eigenvalue weighted by molar-refractivity contribution is 5.64. The van der Waals surface area contributed by atoms with Crippen molar-refractivity contribution in [1.82, 2.24) is 14.6 Å². The molecule has 4 rings (SSSR count). The lowest BCUT2D eigenvalue weighted by Crippen LogP contribution is -2.15. The maximum atomic E-state index is 9.01. The second-order valence-electron chi connectivity index (χ2n) is 4.64. The first-order chi connectivity index (χ1) is 10.3. The van der Waals surface area contributed by atoms with Gasteiger partial charge in [-0.25, -0.2) is 0 Å². The van der Waals surface area contributed by atoms with E-state index in [2.05, 4.69) is 16.3 Å². The summed E-state index contributed by atoms with van der Waals surface area (Å²) in [6.07, 6.45) is 1.72. The lowest BCUT2D eigenvalue weighted by Gasteiger charge is -2.18. The van der Waals surface area contributed by atoms with Gasteiger partial charge in [-0.05, 0) is 30.3 Å². The van der Waals surface area contributed by atoms with Crippen molar-refractivity contribution in [3.63, 3.8) is 0 Å². The number of nitrogens with zero attached hydrogens (tertiary/aromatic N) is 4. The van der Waals surface area contributed by atoms with E-state index < -0.39 is 0 Å². The van der Waals surface area contributed by atoms with Crippen molar-refractivity contribution < 1.29 is 9.47 Å². The molecular weight excluding hydrogens is 268 g/mol. The van der Waals surface area contributed by atoms with Crippen LogP contribution in [-0.4, -0.2) is 27.8 Å². The van der Waals surface area contributed by atoms with E-state index in [-0.39, 0.29) is 0 Å². The number of benzene rings is 1. The quantitative estimate of drug-likeness (QED) is 0.681. The molecule has 1 aromatic carbocycles. The Hall–Kier alpha value is -3.07. The number of hydrogen-bond donors (Lipinski definition) is 0. The fraction of sp³-hybridized carbons (Fsp3) is 0.133. The Morgan fingerprint density at radius 3 is 2.76 bits per heavy atom. The van der Waals surface area contributed by atoms with Crippen LogP contribution in [0, 0.1) is 11.3 Å². The van der Waals surface area contributed by atoms with Crippen LogP contribution >= 0.6 is 0 Å². The highest BCUT2D eigenvalue weighted by atomic mass is 16.6. The van der Waals surface area contributed by atoms with Crippen LogP contribution in [0.4, 0.5) is 0 Å². The molecule has 1 aliphatic heterocycles. The summed E-state index contributed by atoms with van der Waals surface area (Å²) in [7, 11) is 0. The van der Waals surface area contributed by atoms with E-state index >= 15 is 0 Å². The lowest BCUT2D eigenvalue weighted by molar-refractivity contribution is 0.171. The summed E-state index contributed by atoms with van der Waals surface area (Å²) < 4.78 is 12.9. The molecule has 3 heterocycles. The first-order valence-electron chi connectivity index (χ1n) is 6.50. The van der Waals surface area contributed by atoms with Crippen molar-refractivity contribution in [1.29, 1.82) is 5.26 Å². The van der Waals surface area contributed by atoms with E-state index in [4.69, 9.17) is 14.7 Å². The fourth-order valence-corrected chi connectivity index (χ4v) is 2.34. The Bertz CT molecular complexity index is 879. The van der Waals surface area contributed by atoms with Crippen LogP contribution in [0.2, 0.25) is 0 Å². The molecule has 21 heavy (non-hydrogen) atoms. The largest absolute Gasteiger partial charge is 0.486 e. The molecule has 0 saturated heterocycles. The molecule has 1 aliphatic rings. The smallest absolute Gasteiger partial charge is 0.168 e. The van der Waals surface area contributed by atoms with Crippen molar-refractivity contribution in [3.05, 3.63) is 42.1 Å². The van der Waals surface area contributed by atoms with Crippen molar-refractivity contribution >= 4 is 5.65 Å². The molecule has 0 N–H and O–H groups in total. The van der Waals surface area contributed by atoms with Gasteiger partial charge in [0.1, 0.15) is 19.3 Å². The third kappa shape index (κ3) is 1.87. The lowest BCUT2D eigenvalue weighted by atomic mass is 10.2. The molecule has 0 unspecified atom stereocenters. The summed E-state index contributed by atoms with van der Waals surface area (Å²) in [6.45, 7) is 1.10. The number of ether oxygens (including phenoxy) is 2. The molecule has 6 nitrogen and oxygen atoms in total. The Kier molecular flexibility index (Phi) is 2.51. The Labute approximate surface area is 120 Å². The summed E-state index contributed by atoms with van der Waals surface area (Å²) >= 11 is 0. The molecule has 3 aromatic rings. The third-order valence-electron chi connectivity index (χ3n) is 3.33. The van der Waals surface area contributed by atoms with E-state index in [1.54, 1.807) is 22.7 Å². The van der Waals surface area contributed by atoms with Gasteiger partial charge in [-0.1, -0.05) is 0 Å². The second-order valence-corrected chi connectivity index (χ2v) is 4.64. The molecule has 2 aromatic heterocycles. The standard InChI is InChI=1S/C15H10N4O2/c16-8-10-1-4-14-17-18-15(19(14)9-10)11-2-3-12-13(7-11)21-6-5-20-12/h1-4,7,9H,5-6H2. The van der Waals surface area contributed by atoms with Gasteiger partial charge in [0.05, 0.1) is 5.56 Å². The van der Waals surface area contributed by atoms with Gasteiger partial charge < -0.3 is 9.47 Å². The van der Waals surface area contributed by atoms with E-state index in [0.717, 1.165) is 11.3 Å². The molecule has 0 bridgehead atoms. The van der Waals surface area contributed by atoms with Crippen LogP contribution in [0.3, 0.4) is 0 Å². The van der Waals surface area contributed by atoms with Gasteiger partial charge in [0.15, 0.2) is 23.0 Å². The van der Waals surface area contributed by atoms with E-state index in [0.29, 0.717) is 36.0 Å². The zero-order valence-electron chi connectivity index (χ0n) is 11.0. The zero-order valence-corrected chi connectivity index (χ0v) is 11.0. The van der Waals surface area contributed by atoms with Gasteiger partial charge in [-0.15, -0.1) is 10.2 Å². The Balaban J connectivity index is 1.88. The highest BCUT2D eigenvalue weighted by Crippen LogP contribution is 2.34. The third-order valence-corrected chi connectivity index (χ3v) is 3.33. The predicted molar refractivity (Wildman–Crippen MR) is 74.1 cm³/mol. The van der Waals surface area contributed by atoms with Crippen LogP contribution in [0.1, 0.15) is 5.56 Å². The summed E-state index contributed by atoms with van der Waals surface area (Å²) in [6, 6.07) is 11.3. The number of hydrogen-bond acceptors (Lipinski definition) is 5. The average Bonchev–Trinajstić information content (AvgIpc) is 2.97. The first-order valence-corrected chi connectivity index (χ1v) is 6.50. The monoisotopic (exact) mass is 278 g/mol. The Morgan fingerprint density at radius 1 is 1.05 bits per heavy atom. The SMILES string of the molecule is N#Cc1ccc2nnc(-c3ccc4c(c3)OCCO4)n2c1. The summed E-state index contributed by atoms with van der Waals surface area (Å²) in [5.41, 5.74) is 2.11. The van der Waals surface area contributed by atoms with Gasteiger partial charge >= 0.3 is 0 Å². The molecule has 0 spiro atoms. The van der Waals surface area contributed by atoms with Crippen molar-refractivity contribution in [2.24, 2.45) is 0 Å². The van der Waals surface area contributed by atoms with Gasteiger partial charge in [-0.3, -0.25) is 4.40 Å². The van der Waals surface area contributed by atoms with Crippen LogP contribution in [-0.2, 0) is 0 Å². The van der Waals surface area contributed by atoms with Crippen molar-refractivity contribution in [2.75, 3.05) is 13.2 Å². The van der Waals surface area contributed by atoms with E-state index in [1.807, 2.05) is 18.2 Å². The number of pyridine rings is 1. The topological polar surface area (TPSA) is 72.4 Å². The van der Waals surface area contributed by atoms with Gasteiger partial charge in [0.25, 0.3) is 0 Å². The predicted octanol–water partition coefficient (Wildman–Crippen LogP) is 2.04. The van der Waals surface area contributed by atoms with Crippen LogP contribution < -0.4 is 9.47 Å². The second kappa shape index (κ2) is 4.49. The van der Waals surface area contributed by atoms with E-state index in [1.165, 1.54) is 0 Å². The highest BCUT2D eigenvalue weighted by Gasteiger charge is 2.15. The number of aromatic nitrogens is 3. The van der Waals surface area contributed by atoms with Crippen LogP contribution in [0.5, 0.6) is 11.5 Å². The molecule has 0 radical (unpaired) electrons. The molecular formula is C15H10N4O2. The average molecular weight is 278 g/mol. The van der Waals surface area contributed by atoms with Crippen LogP contribution in [0.25, 0.3) is 17.0 Å². The summed E-state index contributed by atoms with van der Waals surface area (Å²) in [5.74, 6) is 2.10. The van der Waals surface area contributed by atoms with Crippen molar-refractivity contribution in [2.45, 2.75) is 0 Å². The molecule has 0 amide bonds. The Morgan fingerprint density at radius 2 is 1.90 bits per heavy atom. The molecule has 102 valence electrons. The number of fused-ring (bicyclic) bond motifs is 2. The molecule has 0 atom stereocenters.